The number of thiophene rings is 1. The van der Waals surface area contributed by atoms with E-state index in [2.05, 4.69) is 10.6 Å². The van der Waals surface area contributed by atoms with Gasteiger partial charge >= 0.3 is 5.97 Å². The molecule has 27 heavy (non-hydrogen) atoms. The van der Waals surface area contributed by atoms with E-state index >= 15 is 0 Å². The molecular weight excluding hydrogens is 364 g/mol. The molecule has 0 aliphatic heterocycles. The second-order valence-corrected chi connectivity index (χ2v) is 8.75. The maximum absolute atomic E-state index is 12.9. The molecule has 3 aliphatic rings. The Morgan fingerprint density at radius 2 is 1.74 bits per heavy atom. The molecule has 1 heterocycles. The number of anilines is 1. The van der Waals surface area contributed by atoms with Crippen LogP contribution in [0, 0.1) is 11.8 Å². The second kappa shape index (κ2) is 7.46. The summed E-state index contributed by atoms with van der Waals surface area (Å²) in [5.74, 6) is -2.67. The summed E-state index contributed by atoms with van der Waals surface area (Å²) in [5, 5.41) is 16.0. The van der Waals surface area contributed by atoms with Gasteiger partial charge in [-0.2, -0.15) is 0 Å². The molecule has 1 fully saturated rings. The largest absolute Gasteiger partial charge is 0.481 e. The first-order valence-corrected chi connectivity index (χ1v) is 10.5. The number of carboxylic acid groups (broad SMARTS) is 1. The van der Waals surface area contributed by atoms with Gasteiger partial charge in [-0.15, -0.1) is 11.3 Å². The highest BCUT2D eigenvalue weighted by atomic mass is 32.1. The zero-order valence-electron chi connectivity index (χ0n) is 15.1. The summed E-state index contributed by atoms with van der Waals surface area (Å²) >= 11 is 1.48. The molecule has 0 saturated heterocycles. The van der Waals surface area contributed by atoms with E-state index in [0.29, 0.717) is 23.4 Å². The van der Waals surface area contributed by atoms with Gasteiger partial charge < -0.3 is 15.7 Å². The Balaban J connectivity index is 1.59. The van der Waals surface area contributed by atoms with Gasteiger partial charge in [0.1, 0.15) is 5.00 Å². The smallest absolute Gasteiger partial charge is 0.307 e. The summed E-state index contributed by atoms with van der Waals surface area (Å²) in [7, 11) is 0. The van der Waals surface area contributed by atoms with Crippen molar-refractivity contribution in [3.8, 4) is 0 Å². The number of hydrogen-bond donors (Lipinski definition) is 3. The van der Waals surface area contributed by atoms with Crippen molar-refractivity contribution >= 4 is 34.1 Å². The van der Waals surface area contributed by atoms with E-state index in [9.17, 15) is 19.5 Å². The average molecular weight is 388 g/mol. The Bertz CT molecular complexity index is 809. The summed E-state index contributed by atoms with van der Waals surface area (Å²) < 4.78 is 0. The number of aryl methyl sites for hydroxylation is 1. The predicted molar refractivity (Wildman–Crippen MR) is 103 cm³/mol. The Morgan fingerprint density at radius 3 is 2.44 bits per heavy atom. The van der Waals surface area contributed by atoms with Gasteiger partial charge in [0.25, 0.3) is 5.91 Å². The van der Waals surface area contributed by atoms with Crippen LogP contribution in [0.4, 0.5) is 5.00 Å². The molecular formula is C20H24N2O4S. The van der Waals surface area contributed by atoms with Gasteiger partial charge in [-0.25, -0.2) is 0 Å². The highest BCUT2D eigenvalue weighted by Gasteiger charge is 2.36. The van der Waals surface area contributed by atoms with Crippen molar-refractivity contribution < 1.29 is 19.5 Å². The maximum atomic E-state index is 12.9. The van der Waals surface area contributed by atoms with Gasteiger partial charge in [0.05, 0.1) is 17.4 Å². The molecule has 0 unspecified atom stereocenters. The number of carboxylic acids is 1. The van der Waals surface area contributed by atoms with Crippen molar-refractivity contribution in [2.45, 2.75) is 57.4 Å². The molecule has 1 aromatic rings. The number of amides is 2. The van der Waals surface area contributed by atoms with Crippen LogP contribution in [-0.2, 0) is 22.4 Å². The van der Waals surface area contributed by atoms with Gasteiger partial charge in [-0.05, 0) is 56.9 Å². The second-order valence-electron chi connectivity index (χ2n) is 7.65. The lowest BCUT2D eigenvalue weighted by Gasteiger charge is -2.24. The zero-order valence-corrected chi connectivity index (χ0v) is 15.9. The summed E-state index contributed by atoms with van der Waals surface area (Å²) in [5.41, 5.74) is 1.67. The van der Waals surface area contributed by atoms with Crippen molar-refractivity contribution in [3.05, 3.63) is 28.2 Å². The highest BCUT2D eigenvalue weighted by Crippen LogP contribution is 2.39. The molecule has 0 aromatic carbocycles. The Labute approximate surface area is 162 Å². The van der Waals surface area contributed by atoms with Gasteiger partial charge in [-0.3, -0.25) is 14.4 Å². The minimum atomic E-state index is -0.948. The molecule has 3 aliphatic carbocycles. The standard InChI is InChI=1S/C20H24N2O4S/c23-17(12-5-1-2-6-13(12)20(25)26)22-19-16(18(24)21-11-9-10-11)14-7-3-4-8-15(14)27-19/h1-2,11-13H,3-10H2,(H,21,24)(H,22,23)(H,25,26)/t12-,13-/m0/s1. The normalized spacial score (nSPS) is 24.1. The van der Waals surface area contributed by atoms with E-state index in [1.165, 1.54) is 16.2 Å². The predicted octanol–water partition coefficient (Wildman–Crippen LogP) is 3.12. The third-order valence-electron chi connectivity index (χ3n) is 5.63. The van der Waals surface area contributed by atoms with E-state index in [1.54, 1.807) is 0 Å². The van der Waals surface area contributed by atoms with Gasteiger partial charge in [0.15, 0.2) is 0 Å². The van der Waals surface area contributed by atoms with E-state index in [1.807, 2.05) is 12.2 Å². The van der Waals surface area contributed by atoms with Crippen LogP contribution in [0.15, 0.2) is 12.2 Å². The van der Waals surface area contributed by atoms with E-state index in [-0.39, 0.29) is 17.9 Å². The van der Waals surface area contributed by atoms with Crippen LogP contribution < -0.4 is 10.6 Å². The van der Waals surface area contributed by atoms with Crippen molar-refractivity contribution in [2.75, 3.05) is 5.32 Å². The van der Waals surface area contributed by atoms with E-state index in [4.69, 9.17) is 0 Å². The molecule has 4 rings (SSSR count). The molecule has 1 aromatic heterocycles. The van der Waals surface area contributed by atoms with Crippen LogP contribution in [0.1, 0.15) is 59.3 Å². The number of aliphatic carboxylic acids is 1. The third kappa shape index (κ3) is 3.78. The number of carbonyl (C=O) groups excluding carboxylic acids is 2. The fourth-order valence-corrected chi connectivity index (χ4v) is 5.25. The lowest BCUT2D eigenvalue weighted by atomic mass is 9.82. The first kappa shape index (κ1) is 18.2. The number of hydrogen-bond acceptors (Lipinski definition) is 4. The lowest BCUT2D eigenvalue weighted by Crippen LogP contribution is -2.35. The maximum Gasteiger partial charge on any atom is 0.307 e. The van der Waals surface area contributed by atoms with Crippen LogP contribution in [0.25, 0.3) is 0 Å². The Morgan fingerprint density at radius 1 is 1.04 bits per heavy atom. The Hall–Kier alpha value is -2.15. The molecule has 0 bridgehead atoms. The van der Waals surface area contributed by atoms with Crippen molar-refractivity contribution in [3.63, 3.8) is 0 Å². The summed E-state index contributed by atoms with van der Waals surface area (Å²) in [6, 6.07) is 0.250. The van der Waals surface area contributed by atoms with Crippen molar-refractivity contribution in [1.82, 2.24) is 5.32 Å². The number of allylic oxidation sites excluding steroid dienone is 2. The molecule has 144 valence electrons. The fourth-order valence-electron chi connectivity index (χ4n) is 3.96. The molecule has 2 amide bonds. The molecule has 3 N–H and O–H groups in total. The van der Waals surface area contributed by atoms with Crippen molar-refractivity contribution in [2.24, 2.45) is 11.8 Å². The topological polar surface area (TPSA) is 95.5 Å². The molecule has 0 spiro atoms. The SMILES string of the molecule is O=C(NC1CC1)c1c(NC(=O)[C@H]2CC=CC[C@@H]2C(=O)O)sc2c1CCCC2. The van der Waals surface area contributed by atoms with Gasteiger partial charge in [0.2, 0.25) is 5.91 Å². The first-order chi connectivity index (χ1) is 13.0. The molecule has 1 saturated carbocycles. The van der Waals surface area contributed by atoms with Crippen LogP contribution in [-0.4, -0.2) is 28.9 Å². The quantitative estimate of drug-likeness (QED) is 0.675. The summed E-state index contributed by atoms with van der Waals surface area (Å²) in [4.78, 5) is 38.4. The van der Waals surface area contributed by atoms with Crippen LogP contribution in [0.2, 0.25) is 0 Å². The number of carbonyl (C=O) groups is 3. The van der Waals surface area contributed by atoms with Crippen LogP contribution in [0.3, 0.4) is 0 Å². The zero-order chi connectivity index (χ0) is 19.0. The molecule has 6 nitrogen and oxygen atoms in total. The van der Waals surface area contributed by atoms with Crippen molar-refractivity contribution in [1.29, 1.82) is 0 Å². The molecule has 7 heteroatoms. The average Bonchev–Trinajstić information content (AvgIpc) is 3.39. The highest BCUT2D eigenvalue weighted by molar-refractivity contribution is 7.17. The lowest BCUT2D eigenvalue weighted by molar-refractivity contribution is -0.146. The number of nitrogens with one attached hydrogen (secondary N) is 2. The fraction of sp³-hybridized carbons (Fsp3) is 0.550. The monoisotopic (exact) mass is 388 g/mol. The summed E-state index contributed by atoms with van der Waals surface area (Å²) in [6.45, 7) is 0. The number of rotatable bonds is 5. The molecule has 2 atom stereocenters. The number of fused-ring (bicyclic) bond motifs is 1. The Kier molecular flexibility index (Phi) is 5.04. The molecule has 0 radical (unpaired) electrons. The minimum absolute atomic E-state index is 0.106. The third-order valence-corrected chi connectivity index (χ3v) is 6.84. The van der Waals surface area contributed by atoms with Gasteiger partial charge in [0, 0.05) is 10.9 Å². The van der Waals surface area contributed by atoms with E-state index < -0.39 is 17.8 Å². The summed E-state index contributed by atoms with van der Waals surface area (Å²) in [6.07, 6.45) is 10.4. The van der Waals surface area contributed by atoms with Crippen LogP contribution >= 0.6 is 11.3 Å². The minimum Gasteiger partial charge on any atom is -0.481 e. The van der Waals surface area contributed by atoms with Crippen LogP contribution in [0.5, 0.6) is 0 Å². The van der Waals surface area contributed by atoms with E-state index in [0.717, 1.165) is 44.1 Å². The first-order valence-electron chi connectivity index (χ1n) is 9.68. The van der Waals surface area contributed by atoms with Gasteiger partial charge in [-0.1, -0.05) is 12.2 Å².